The molecule has 0 heterocycles. The number of nitrogens with one attached hydrogen (secondary N) is 1. The third-order valence-electron chi connectivity index (χ3n) is 3.65. The quantitative estimate of drug-likeness (QED) is 0.593. The van der Waals surface area contributed by atoms with Crippen LogP contribution in [0.15, 0.2) is 48.5 Å². The number of hydrogen-bond donors (Lipinski definition) is 2. The molecule has 0 aromatic heterocycles. The van der Waals surface area contributed by atoms with E-state index in [1.165, 1.54) is 7.11 Å². The van der Waals surface area contributed by atoms with Gasteiger partial charge in [-0.25, -0.2) is 4.79 Å². The Kier molecular flexibility index (Phi) is 6.42. The van der Waals surface area contributed by atoms with Crippen LogP contribution in [0.2, 0.25) is 0 Å². The lowest BCUT2D eigenvalue weighted by Gasteiger charge is -2.13. The molecular weight excluding hydrogens is 322 g/mol. The highest BCUT2D eigenvalue weighted by Crippen LogP contribution is 2.30. The number of rotatable bonds is 7. The molecule has 2 aromatic rings. The second-order valence-corrected chi connectivity index (χ2v) is 5.16. The van der Waals surface area contributed by atoms with Crippen molar-refractivity contribution in [3.8, 4) is 11.5 Å². The standard InChI is InChI=1S/C19H21NO5/c1-4-16(20-22)15-9-10-17(18(11-15)23-2)25-12-13-5-7-14(8-6-13)19(21)24-3/h4-11,20,22H,12H2,1-3H3/b16-4+. The zero-order chi connectivity index (χ0) is 18.2. The van der Waals surface area contributed by atoms with Crippen LogP contribution >= 0.6 is 0 Å². The van der Waals surface area contributed by atoms with Crippen molar-refractivity contribution >= 4 is 11.7 Å². The van der Waals surface area contributed by atoms with Crippen LogP contribution < -0.4 is 15.0 Å². The molecule has 0 atom stereocenters. The molecule has 25 heavy (non-hydrogen) atoms. The van der Waals surface area contributed by atoms with E-state index < -0.39 is 0 Å². The molecule has 6 nitrogen and oxygen atoms in total. The van der Waals surface area contributed by atoms with Crippen LogP contribution in [0.3, 0.4) is 0 Å². The number of methoxy groups -OCH3 is 2. The summed E-state index contributed by atoms with van der Waals surface area (Å²) in [5.41, 5.74) is 4.89. The van der Waals surface area contributed by atoms with E-state index >= 15 is 0 Å². The zero-order valence-corrected chi connectivity index (χ0v) is 14.4. The Bertz CT molecular complexity index is 753. The van der Waals surface area contributed by atoms with Crippen molar-refractivity contribution in [1.82, 2.24) is 5.48 Å². The molecule has 0 radical (unpaired) electrons. The predicted octanol–water partition coefficient (Wildman–Crippen LogP) is 3.40. The minimum atomic E-state index is -0.373. The Morgan fingerprint density at radius 1 is 1.08 bits per heavy atom. The van der Waals surface area contributed by atoms with E-state index in [0.717, 1.165) is 11.1 Å². The summed E-state index contributed by atoms with van der Waals surface area (Å²) in [6.07, 6.45) is 1.75. The molecule has 2 aromatic carbocycles. The predicted molar refractivity (Wildman–Crippen MR) is 93.7 cm³/mol. The maximum atomic E-state index is 11.4. The van der Waals surface area contributed by atoms with Gasteiger partial charge in [0.15, 0.2) is 11.5 Å². The molecule has 6 heteroatoms. The van der Waals surface area contributed by atoms with Crippen LogP contribution in [0.4, 0.5) is 0 Å². The molecule has 0 aliphatic heterocycles. The monoisotopic (exact) mass is 343 g/mol. The number of benzene rings is 2. The average molecular weight is 343 g/mol. The summed E-state index contributed by atoms with van der Waals surface area (Å²) in [7, 11) is 2.90. The largest absolute Gasteiger partial charge is 0.493 e. The first-order chi connectivity index (χ1) is 12.1. The van der Waals surface area contributed by atoms with E-state index in [4.69, 9.17) is 14.7 Å². The molecule has 2 N–H and O–H groups in total. The molecule has 0 saturated heterocycles. The van der Waals surface area contributed by atoms with E-state index in [9.17, 15) is 4.79 Å². The van der Waals surface area contributed by atoms with Crippen molar-refractivity contribution in [2.24, 2.45) is 0 Å². The Hall–Kier alpha value is -2.99. The highest BCUT2D eigenvalue weighted by molar-refractivity contribution is 5.89. The molecule has 0 spiro atoms. The van der Waals surface area contributed by atoms with Crippen molar-refractivity contribution in [2.45, 2.75) is 13.5 Å². The molecule has 2 rings (SSSR count). The van der Waals surface area contributed by atoms with Crippen molar-refractivity contribution in [3.63, 3.8) is 0 Å². The van der Waals surface area contributed by atoms with E-state index in [1.54, 1.807) is 49.6 Å². The fraction of sp³-hybridized carbons (Fsp3) is 0.211. The molecule has 0 aliphatic rings. The Morgan fingerprint density at radius 2 is 1.76 bits per heavy atom. The number of ether oxygens (including phenoxy) is 3. The van der Waals surface area contributed by atoms with E-state index in [0.29, 0.717) is 29.4 Å². The summed E-state index contributed by atoms with van der Waals surface area (Å²) in [6, 6.07) is 12.4. The lowest BCUT2D eigenvalue weighted by Crippen LogP contribution is -2.06. The van der Waals surface area contributed by atoms with Gasteiger partial charge in [-0.3, -0.25) is 10.7 Å². The molecule has 0 bridgehead atoms. The van der Waals surface area contributed by atoms with Crippen molar-refractivity contribution in [2.75, 3.05) is 14.2 Å². The second-order valence-electron chi connectivity index (χ2n) is 5.16. The van der Waals surface area contributed by atoms with Gasteiger partial charge in [0.05, 0.1) is 25.5 Å². The summed E-state index contributed by atoms with van der Waals surface area (Å²) in [6.45, 7) is 2.14. The normalized spacial score (nSPS) is 11.0. The van der Waals surface area contributed by atoms with Crippen LogP contribution in [0.5, 0.6) is 11.5 Å². The Morgan fingerprint density at radius 3 is 2.32 bits per heavy atom. The van der Waals surface area contributed by atoms with Gasteiger partial charge in [-0.2, -0.15) is 0 Å². The van der Waals surface area contributed by atoms with Gasteiger partial charge in [0.25, 0.3) is 0 Å². The number of esters is 1. The zero-order valence-electron chi connectivity index (χ0n) is 14.4. The summed E-state index contributed by atoms with van der Waals surface area (Å²) in [5.74, 6) is 0.761. The lowest BCUT2D eigenvalue weighted by atomic mass is 10.1. The van der Waals surface area contributed by atoms with Crippen LogP contribution in [0.25, 0.3) is 5.70 Å². The summed E-state index contributed by atoms with van der Waals surface area (Å²) in [5, 5.41) is 9.12. The average Bonchev–Trinajstić information content (AvgIpc) is 2.67. The van der Waals surface area contributed by atoms with Gasteiger partial charge in [-0.1, -0.05) is 18.2 Å². The first kappa shape index (κ1) is 18.4. The van der Waals surface area contributed by atoms with E-state index in [1.807, 2.05) is 13.0 Å². The van der Waals surface area contributed by atoms with Gasteiger partial charge >= 0.3 is 5.97 Å². The minimum Gasteiger partial charge on any atom is -0.493 e. The van der Waals surface area contributed by atoms with Crippen molar-refractivity contribution in [1.29, 1.82) is 0 Å². The first-order valence-corrected chi connectivity index (χ1v) is 7.67. The van der Waals surface area contributed by atoms with E-state index in [2.05, 4.69) is 10.2 Å². The number of hydroxylamine groups is 1. The van der Waals surface area contributed by atoms with Gasteiger partial charge in [0.1, 0.15) is 6.61 Å². The second kappa shape index (κ2) is 8.75. The van der Waals surface area contributed by atoms with Crippen molar-refractivity contribution in [3.05, 3.63) is 65.2 Å². The molecule has 0 aliphatic carbocycles. The molecule has 0 amide bonds. The molecule has 132 valence electrons. The lowest BCUT2D eigenvalue weighted by molar-refractivity contribution is 0.0600. The topological polar surface area (TPSA) is 77.0 Å². The van der Waals surface area contributed by atoms with E-state index in [-0.39, 0.29) is 5.97 Å². The minimum absolute atomic E-state index is 0.325. The number of carbonyl (C=O) groups excluding carboxylic acids is 1. The molecule has 0 unspecified atom stereocenters. The Balaban J connectivity index is 2.11. The highest BCUT2D eigenvalue weighted by atomic mass is 16.5. The van der Waals surface area contributed by atoms with Gasteiger partial charge in [0.2, 0.25) is 0 Å². The van der Waals surface area contributed by atoms with Crippen LogP contribution in [0.1, 0.15) is 28.4 Å². The van der Waals surface area contributed by atoms with Crippen LogP contribution in [-0.2, 0) is 11.3 Å². The third-order valence-corrected chi connectivity index (χ3v) is 3.65. The summed E-state index contributed by atoms with van der Waals surface area (Å²) < 4.78 is 15.8. The maximum Gasteiger partial charge on any atom is 0.337 e. The Labute approximate surface area is 146 Å². The fourth-order valence-corrected chi connectivity index (χ4v) is 2.27. The number of carbonyl (C=O) groups is 1. The SMILES string of the molecule is C/C=C(/NO)c1ccc(OCc2ccc(C(=O)OC)cc2)c(OC)c1. The number of hydrogen-bond acceptors (Lipinski definition) is 6. The van der Waals surface area contributed by atoms with Crippen molar-refractivity contribution < 1.29 is 24.2 Å². The third kappa shape index (κ3) is 4.51. The molecule has 0 saturated carbocycles. The first-order valence-electron chi connectivity index (χ1n) is 7.67. The maximum absolute atomic E-state index is 11.4. The number of allylic oxidation sites excluding steroid dienone is 1. The van der Waals surface area contributed by atoms with Gasteiger partial charge < -0.3 is 14.2 Å². The fourth-order valence-electron chi connectivity index (χ4n) is 2.27. The summed E-state index contributed by atoms with van der Waals surface area (Å²) >= 11 is 0. The van der Waals surface area contributed by atoms with Gasteiger partial charge in [0, 0.05) is 5.56 Å². The smallest absolute Gasteiger partial charge is 0.337 e. The highest BCUT2D eigenvalue weighted by Gasteiger charge is 2.09. The summed E-state index contributed by atoms with van der Waals surface area (Å²) in [4.78, 5) is 11.4. The van der Waals surface area contributed by atoms with Gasteiger partial charge in [-0.05, 0) is 42.8 Å². The molecule has 0 fully saturated rings. The van der Waals surface area contributed by atoms with Crippen LogP contribution in [0, 0.1) is 0 Å². The van der Waals surface area contributed by atoms with Crippen LogP contribution in [-0.4, -0.2) is 25.4 Å². The van der Waals surface area contributed by atoms with Gasteiger partial charge in [-0.15, -0.1) is 0 Å². The molecular formula is C19H21NO5.